The molecule has 0 saturated carbocycles. The van der Waals surface area contributed by atoms with Crippen LogP contribution in [0.2, 0.25) is 0 Å². The summed E-state index contributed by atoms with van der Waals surface area (Å²) >= 11 is 0. The largest absolute Gasteiger partial charge is 0.508 e. The fraction of sp³-hybridized carbons (Fsp3) is 0.208. The third kappa shape index (κ3) is 2.53. The maximum atomic E-state index is 13.5. The van der Waals surface area contributed by atoms with E-state index in [2.05, 4.69) is 10.3 Å². The summed E-state index contributed by atoms with van der Waals surface area (Å²) < 4.78 is 0. The second-order valence-electron chi connectivity index (χ2n) is 7.91. The zero-order valence-corrected chi connectivity index (χ0v) is 16.5. The van der Waals surface area contributed by atoms with Crippen molar-refractivity contribution in [3.05, 3.63) is 89.2 Å². The molecule has 1 spiro atoms. The number of fused-ring (bicyclic) bond motifs is 2. The molecule has 6 nitrogen and oxygen atoms in total. The van der Waals surface area contributed by atoms with E-state index in [4.69, 9.17) is 0 Å². The number of likely N-dealkylation sites (tertiary alicyclic amines) is 1. The fourth-order valence-electron chi connectivity index (χ4n) is 4.81. The Morgan fingerprint density at radius 2 is 2.03 bits per heavy atom. The summed E-state index contributed by atoms with van der Waals surface area (Å²) in [6, 6.07) is 15.8. The van der Waals surface area contributed by atoms with Crippen molar-refractivity contribution in [2.75, 3.05) is 11.9 Å². The van der Waals surface area contributed by atoms with Crippen molar-refractivity contribution >= 4 is 17.5 Å². The Hall–Kier alpha value is -3.67. The van der Waals surface area contributed by atoms with Gasteiger partial charge in [0.15, 0.2) is 0 Å². The number of amides is 2. The van der Waals surface area contributed by atoms with E-state index >= 15 is 0 Å². The minimum Gasteiger partial charge on any atom is -0.508 e. The van der Waals surface area contributed by atoms with E-state index in [1.54, 1.807) is 36.4 Å². The van der Waals surface area contributed by atoms with Crippen LogP contribution in [0.3, 0.4) is 0 Å². The zero-order chi connectivity index (χ0) is 20.9. The lowest BCUT2D eigenvalue weighted by atomic mass is 9.73. The molecule has 0 radical (unpaired) electrons. The van der Waals surface area contributed by atoms with Gasteiger partial charge in [-0.3, -0.25) is 14.6 Å². The molecule has 3 heterocycles. The Kier molecular flexibility index (Phi) is 4.10. The van der Waals surface area contributed by atoms with Crippen molar-refractivity contribution < 1.29 is 14.7 Å². The normalized spacial score (nSPS) is 22.2. The average molecular weight is 399 g/mol. The van der Waals surface area contributed by atoms with Gasteiger partial charge in [0.25, 0.3) is 5.91 Å². The number of hydrogen-bond donors (Lipinski definition) is 2. The first kappa shape index (κ1) is 18.4. The van der Waals surface area contributed by atoms with Crippen LogP contribution in [0, 0.1) is 6.92 Å². The molecule has 2 N–H and O–H groups in total. The Balaban J connectivity index is 1.66. The summed E-state index contributed by atoms with van der Waals surface area (Å²) in [5.41, 5.74) is 2.74. The monoisotopic (exact) mass is 399 g/mol. The van der Waals surface area contributed by atoms with Gasteiger partial charge in [-0.2, -0.15) is 0 Å². The lowest BCUT2D eigenvalue weighted by Gasteiger charge is -2.34. The molecule has 2 aliphatic rings. The maximum absolute atomic E-state index is 13.5. The third-order valence-corrected chi connectivity index (χ3v) is 6.30. The van der Waals surface area contributed by atoms with Gasteiger partial charge in [0.05, 0.1) is 6.04 Å². The molecule has 30 heavy (non-hydrogen) atoms. The van der Waals surface area contributed by atoms with Crippen LogP contribution in [0.4, 0.5) is 5.69 Å². The molecule has 3 aromatic rings. The van der Waals surface area contributed by atoms with E-state index < -0.39 is 11.5 Å². The molecular weight excluding hydrogens is 378 g/mol. The van der Waals surface area contributed by atoms with Crippen LogP contribution in [0.1, 0.15) is 39.5 Å². The van der Waals surface area contributed by atoms with Crippen molar-refractivity contribution in [1.29, 1.82) is 0 Å². The lowest BCUT2D eigenvalue weighted by molar-refractivity contribution is -0.121. The highest BCUT2D eigenvalue weighted by molar-refractivity contribution is 6.08. The Bertz CT molecular complexity index is 1160. The summed E-state index contributed by atoms with van der Waals surface area (Å²) in [7, 11) is 0. The van der Waals surface area contributed by atoms with Gasteiger partial charge in [0.1, 0.15) is 11.2 Å². The number of rotatable bonds is 2. The number of hydrogen-bond acceptors (Lipinski definition) is 4. The average Bonchev–Trinajstić information content (AvgIpc) is 3.30. The van der Waals surface area contributed by atoms with E-state index in [0.29, 0.717) is 24.1 Å². The Morgan fingerprint density at radius 3 is 2.80 bits per heavy atom. The van der Waals surface area contributed by atoms with Crippen LogP contribution in [-0.4, -0.2) is 33.3 Å². The number of nitrogens with zero attached hydrogens (tertiary/aromatic N) is 2. The van der Waals surface area contributed by atoms with E-state index in [9.17, 15) is 14.7 Å². The number of pyridine rings is 1. The second-order valence-corrected chi connectivity index (χ2v) is 7.91. The number of phenolic OH excluding ortho intramolecular Hbond substituents is 1. The van der Waals surface area contributed by atoms with Crippen LogP contribution >= 0.6 is 0 Å². The first-order valence-electron chi connectivity index (χ1n) is 9.94. The maximum Gasteiger partial charge on any atom is 0.254 e. The number of phenols is 1. The first-order chi connectivity index (χ1) is 14.5. The molecule has 1 fully saturated rings. The van der Waals surface area contributed by atoms with Gasteiger partial charge in [0.2, 0.25) is 5.91 Å². The van der Waals surface area contributed by atoms with Crippen LogP contribution < -0.4 is 5.32 Å². The topological polar surface area (TPSA) is 82.5 Å². The second kappa shape index (κ2) is 6.69. The lowest BCUT2D eigenvalue weighted by Crippen LogP contribution is -2.42. The number of anilines is 1. The molecule has 5 rings (SSSR count). The highest BCUT2D eigenvalue weighted by atomic mass is 16.3. The number of aromatic nitrogens is 1. The molecule has 0 aliphatic carbocycles. The van der Waals surface area contributed by atoms with Gasteiger partial charge in [-0.25, -0.2) is 0 Å². The van der Waals surface area contributed by atoms with E-state index in [-0.39, 0.29) is 17.6 Å². The predicted molar refractivity (Wildman–Crippen MR) is 112 cm³/mol. The highest BCUT2D eigenvalue weighted by Gasteiger charge is 2.59. The minimum atomic E-state index is -0.873. The van der Waals surface area contributed by atoms with E-state index in [1.165, 1.54) is 6.07 Å². The molecular formula is C24H21N3O3. The van der Waals surface area contributed by atoms with Gasteiger partial charge in [-0.05, 0) is 54.3 Å². The van der Waals surface area contributed by atoms with E-state index in [0.717, 1.165) is 16.8 Å². The summed E-state index contributed by atoms with van der Waals surface area (Å²) in [4.78, 5) is 32.8. The zero-order valence-electron chi connectivity index (χ0n) is 16.5. The van der Waals surface area contributed by atoms with Gasteiger partial charge in [-0.1, -0.05) is 30.3 Å². The Morgan fingerprint density at radius 1 is 1.20 bits per heavy atom. The first-order valence-corrected chi connectivity index (χ1v) is 9.94. The number of carbonyl (C=O) groups is 2. The van der Waals surface area contributed by atoms with Crippen molar-refractivity contribution in [2.45, 2.75) is 24.8 Å². The molecule has 1 saturated heterocycles. The SMILES string of the molecule is Cc1ccc(C(=O)N2CCC3(C(=O)Nc4ccccc43)C2c2cccnc2)cc1O. The summed E-state index contributed by atoms with van der Waals surface area (Å²) in [5.74, 6) is -0.232. The fourth-order valence-corrected chi connectivity index (χ4v) is 4.81. The number of aryl methyl sites for hydroxylation is 1. The molecule has 150 valence electrons. The van der Waals surface area contributed by atoms with Gasteiger partial charge < -0.3 is 15.3 Å². The summed E-state index contributed by atoms with van der Waals surface area (Å²) in [6.07, 6.45) is 3.91. The van der Waals surface area contributed by atoms with E-state index in [1.807, 2.05) is 36.4 Å². The third-order valence-electron chi connectivity index (χ3n) is 6.30. The standard InChI is InChI=1S/C24H21N3O3/c1-15-8-9-16(13-20(15)28)22(29)27-12-10-24(21(27)17-5-4-11-25-14-17)18-6-2-3-7-19(18)26-23(24)30/h2-9,11,13-14,21,28H,10,12H2,1H3,(H,26,30). The van der Waals surface area contributed by atoms with Gasteiger partial charge in [0, 0.05) is 30.2 Å². The smallest absolute Gasteiger partial charge is 0.254 e. The van der Waals surface area contributed by atoms with Crippen molar-refractivity contribution in [2.24, 2.45) is 0 Å². The molecule has 2 aromatic carbocycles. The molecule has 1 aromatic heterocycles. The molecule has 2 unspecified atom stereocenters. The molecule has 2 aliphatic heterocycles. The van der Waals surface area contributed by atoms with Crippen molar-refractivity contribution in [1.82, 2.24) is 9.88 Å². The number of nitrogens with one attached hydrogen (secondary N) is 1. The minimum absolute atomic E-state index is 0.0802. The molecule has 2 amide bonds. The van der Waals surface area contributed by atoms with Crippen molar-refractivity contribution in [3.8, 4) is 5.75 Å². The number of carbonyl (C=O) groups excluding carboxylic acids is 2. The van der Waals surface area contributed by atoms with Crippen LogP contribution in [-0.2, 0) is 10.2 Å². The Labute approximate surface area is 174 Å². The predicted octanol–water partition coefficient (Wildman–Crippen LogP) is 3.57. The van der Waals surface area contributed by atoms with Gasteiger partial charge in [-0.15, -0.1) is 0 Å². The summed E-state index contributed by atoms with van der Waals surface area (Å²) in [5, 5.41) is 13.1. The van der Waals surface area contributed by atoms with Crippen LogP contribution in [0.25, 0.3) is 0 Å². The molecule has 2 atom stereocenters. The highest BCUT2D eigenvalue weighted by Crippen LogP contribution is 2.54. The number of para-hydroxylation sites is 1. The molecule has 6 heteroatoms. The van der Waals surface area contributed by atoms with Crippen LogP contribution in [0.5, 0.6) is 5.75 Å². The van der Waals surface area contributed by atoms with Crippen LogP contribution in [0.15, 0.2) is 67.0 Å². The molecule has 0 bridgehead atoms. The van der Waals surface area contributed by atoms with Crippen molar-refractivity contribution in [3.63, 3.8) is 0 Å². The summed E-state index contributed by atoms with van der Waals surface area (Å²) in [6.45, 7) is 2.21. The number of aromatic hydroxyl groups is 1. The van der Waals surface area contributed by atoms with Gasteiger partial charge >= 0.3 is 0 Å². The quantitative estimate of drug-likeness (QED) is 0.690. The number of benzene rings is 2.